The molecule has 0 unspecified atom stereocenters. The van der Waals surface area contributed by atoms with E-state index in [0.29, 0.717) is 18.8 Å². The van der Waals surface area contributed by atoms with Gasteiger partial charge >= 0.3 is 6.09 Å². The Hall–Kier alpha value is -3.06. The third-order valence-corrected chi connectivity index (χ3v) is 4.54. The highest BCUT2D eigenvalue weighted by molar-refractivity contribution is 5.87. The molecule has 0 aliphatic carbocycles. The van der Waals surface area contributed by atoms with E-state index in [1.54, 1.807) is 7.11 Å². The molecule has 0 bridgehead atoms. The van der Waals surface area contributed by atoms with Crippen LogP contribution in [-0.4, -0.2) is 36.7 Å². The third-order valence-electron chi connectivity index (χ3n) is 4.54. The number of rotatable bonds is 7. The van der Waals surface area contributed by atoms with E-state index in [1.807, 2.05) is 48.5 Å². The predicted octanol–water partition coefficient (Wildman–Crippen LogP) is 1.79. The molecule has 1 heterocycles. The van der Waals surface area contributed by atoms with Crippen molar-refractivity contribution in [1.82, 2.24) is 10.2 Å². The number of ether oxygens (including phenoxy) is 2. The van der Waals surface area contributed by atoms with Crippen LogP contribution in [0.15, 0.2) is 48.5 Å². The number of nitrogens with zero attached hydrogens (tertiary/aromatic N) is 1. The highest BCUT2D eigenvalue weighted by atomic mass is 16.6. The minimum Gasteiger partial charge on any atom is -0.496 e. The van der Waals surface area contributed by atoms with Gasteiger partial charge in [-0.3, -0.25) is 9.69 Å². The highest BCUT2D eigenvalue weighted by Gasteiger charge is 2.38. The van der Waals surface area contributed by atoms with E-state index in [9.17, 15) is 9.59 Å². The molecule has 1 atom stereocenters. The SMILES string of the molecule is COc1ccccc1CN1C(=O)OC[C@H]1C(=O)NCc1ccc(CN)cc1. The summed E-state index contributed by atoms with van der Waals surface area (Å²) in [5.74, 6) is 0.412. The zero-order valence-electron chi connectivity index (χ0n) is 15.2. The molecule has 0 spiro atoms. The minimum atomic E-state index is -0.675. The molecule has 1 aliphatic heterocycles. The average Bonchev–Trinajstić information content (AvgIpc) is 3.07. The molecule has 1 fully saturated rings. The van der Waals surface area contributed by atoms with E-state index in [2.05, 4.69) is 5.32 Å². The zero-order chi connectivity index (χ0) is 19.2. The number of hydrogen-bond acceptors (Lipinski definition) is 5. The fraction of sp³-hybridized carbons (Fsp3) is 0.300. The lowest BCUT2D eigenvalue weighted by atomic mass is 10.1. The van der Waals surface area contributed by atoms with Gasteiger partial charge in [0.15, 0.2) is 0 Å². The first-order valence-corrected chi connectivity index (χ1v) is 8.73. The second kappa shape index (κ2) is 8.55. The van der Waals surface area contributed by atoms with E-state index < -0.39 is 12.1 Å². The fourth-order valence-electron chi connectivity index (χ4n) is 2.96. The Balaban J connectivity index is 1.64. The molecular weight excluding hydrogens is 346 g/mol. The number of carbonyl (C=O) groups excluding carboxylic acids is 2. The summed E-state index contributed by atoms with van der Waals surface area (Å²) in [5.41, 5.74) is 8.39. The monoisotopic (exact) mass is 369 g/mol. The van der Waals surface area contributed by atoms with Crippen molar-refractivity contribution in [2.45, 2.75) is 25.7 Å². The molecule has 1 aliphatic rings. The van der Waals surface area contributed by atoms with Gasteiger partial charge in [-0.1, -0.05) is 42.5 Å². The van der Waals surface area contributed by atoms with Crippen LogP contribution in [0.2, 0.25) is 0 Å². The number of amides is 2. The summed E-state index contributed by atoms with van der Waals surface area (Å²) in [4.78, 5) is 26.1. The number of carbonyl (C=O) groups is 2. The van der Waals surface area contributed by atoms with Gasteiger partial charge in [-0.05, 0) is 17.2 Å². The normalized spacial score (nSPS) is 16.1. The summed E-state index contributed by atoms with van der Waals surface area (Å²) in [6.07, 6.45) is -0.506. The van der Waals surface area contributed by atoms with Crippen molar-refractivity contribution < 1.29 is 19.1 Å². The maximum absolute atomic E-state index is 12.6. The first-order chi connectivity index (χ1) is 13.1. The first-order valence-electron chi connectivity index (χ1n) is 8.73. The molecule has 3 rings (SSSR count). The first kappa shape index (κ1) is 18.7. The van der Waals surface area contributed by atoms with Crippen molar-refractivity contribution >= 4 is 12.0 Å². The predicted molar refractivity (Wildman–Crippen MR) is 99.9 cm³/mol. The number of hydrogen-bond donors (Lipinski definition) is 2. The smallest absolute Gasteiger partial charge is 0.410 e. The van der Waals surface area contributed by atoms with E-state index in [4.69, 9.17) is 15.2 Å². The van der Waals surface area contributed by atoms with Gasteiger partial charge < -0.3 is 20.5 Å². The highest BCUT2D eigenvalue weighted by Crippen LogP contribution is 2.23. The van der Waals surface area contributed by atoms with Crippen molar-refractivity contribution in [2.75, 3.05) is 13.7 Å². The van der Waals surface area contributed by atoms with Crippen molar-refractivity contribution in [1.29, 1.82) is 0 Å². The Morgan fingerprint density at radius 3 is 2.63 bits per heavy atom. The molecule has 7 heteroatoms. The Bertz CT molecular complexity index is 807. The maximum Gasteiger partial charge on any atom is 0.410 e. The van der Waals surface area contributed by atoms with Crippen LogP contribution >= 0.6 is 0 Å². The molecule has 142 valence electrons. The molecule has 0 radical (unpaired) electrons. The number of para-hydroxylation sites is 1. The van der Waals surface area contributed by atoms with Gasteiger partial charge in [-0.2, -0.15) is 0 Å². The van der Waals surface area contributed by atoms with Gasteiger partial charge in [0.2, 0.25) is 5.91 Å². The van der Waals surface area contributed by atoms with Gasteiger partial charge in [0.25, 0.3) is 0 Å². The Kier molecular flexibility index (Phi) is 5.93. The van der Waals surface area contributed by atoms with Crippen LogP contribution < -0.4 is 15.8 Å². The number of cyclic esters (lactones) is 1. The van der Waals surface area contributed by atoms with Gasteiger partial charge in [-0.15, -0.1) is 0 Å². The van der Waals surface area contributed by atoms with Crippen molar-refractivity contribution in [3.8, 4) is 5.75 Å². The van der Waals surface area contributed by atoms with Crippen LogP contribution in [-0.2, 0) is 29.2 Å². The van der Waals surface area contributed by atoms with E-state index in [1.165, 1.54) is 4.90 Å². The number of methoxy groups -OCH3 is 1. The lowest BCUT2D eigenvalue weighted by Crippen LogP contribution is -2.45. The summed E-state index contributed by atoms with van der Waals surface area (Å²) in [5, 5.41) is 2.87. The number of nitrogens with two attached hydrogens (primary N) is 1. The lowest BCUT2D eigenvalue weighted by Gasteiger charge is -2.21. The molecule has 3 N–H and O–H groups in total. The average molecular weight is 369 g/mol. The summed E-state index contributed by atoms with van der Waals surface area (Å²) < 4.78 is 10.4. The number of benzene rings is 2. The van der Waals surface area contributed by atoms with Crippen molar-refractivity contribution in [2.24, 2.45) is 5.73 Å². The van der Waals surface area contributed by atoms with Crippen LogP contribution in [0.1, 0.15) is 16.7 Å². The quantitative estimate of drug-likeness (QED) is 0.776. The topological polar surface area (TPSA) is 93.9 Å². The van der Waals surface area contributed by atoms with Crippen molar-refractivity contribution in [3.05, 3.63) is 65.2 Å². The Morgan fingerprint density at radius 2 is 1.93 bits per heavy atom. The molecular formula is C20H23N3O4. The lowest BCUT2D eigenvalue weighted by molar-refractivity contribution is -0.125. The molecule has 7 nitrogen and oxygen atoms in total. The zero-order valence-corrected chi connectivity index (χ0v) is 15.2. The molecule has 2 aromatic carbocycles. The molecule has 2 aromatic rings. The van der Waals surface area contributed by atoms with E-state index in [0.717, 1.165) is 16.7 Å². The Morgan fingerprint density at radius 1 is 1.22 bits per heavy atom. The molecule has 1 saturated heterocycles. The third kappa shape index (κ3) is 4.38. The van der Waals surface area contributed by atoms with Gasteiger partial charge in [0, 0.05) is 18.7 Å². The molecule has 27 heavy (non-hydrogen) atoms. The summed E-state index contributed by atoms with van der Waals surface area (Å²) in [7, 11) is 1.57. The van der Waals surface area contributed by atoms with Gasteiger partial charge in [0.05, 0.1) is 13.7 Å². The largest absolute Gasteiger partial charge is 0.496 e. The second-order valence-corrected chi connectivity index (χ2v) is 6.27. The van der Waals surface area contributed by atoms with Gasteiger partial charge in [0.1, 0.15) is 18.4 Å². The number of nitrogens with one attached hydrogen (secondary N) is 1. The van der Waals surface area contributed by atoms with Crippen LogP contribution in [0.4, 0.5) is 4.79 Å². The van der Waals surface area contributed by atoms with Gasteiger partial charge in [-0.25, -0.2) is 4.79 Å². The van der Waals surface area contributed by atoms with E-state index >= 15 is 0 Å². The van der Waals surface area contributed by atoms with Crippen LogP contribution in [0.5, 0.6) is 5.75 Å². The summed E-state index contributed by atoms with van der Waals surface area (Å²) in [6, 6.07) is 14.4. The minimum absolute atomic E-state index is 0.0337. The fourth-order valence-corrected chi connectivity index (χ4v) is 2.96. The molecule has 0 aromatic heterocycles. The van der Waals surface area contributed by atoms with Crippen LogP contribution in [0, 0.1) is 0 Å². The molecule has 2 amide bonds. The Labute approximate surface area is 158 Å². The second-order valence-electron chi connectivity index (χ2n) is 6.27. The molecule has 0 saturated carbocycles. The summed E-state index contributed by atoms with van der Waals surface area (Å²) >= 11 is 0. The standard InChI is InChI=1S/C20H23N3O4/c1-26-18-5-3-2-4-16(18)12-23-17(13-27-20(23)25)19(24)22-11-15-8-6-14(10-21)7-9-15/h2-9,17H,10-13,21H2,1H3,(H,22,24)/t17-/m0/s1. The maximum atomic E-state index is 12.6. The van der Waals surface area contributed by atoms with Crippen LogP contribution in [0.25, 0.3) is 0 Å². The van der Waals surface area contributed by atoms with E-state index in [-0.39, 0.29) is 19.1 Å². The van der Waals surface area contributed by atoms with Crippen molar-refractivity contribution in [3.63, 3.8) is 0 Å². The van der Waals surface area contributed by atoms with Crippen LogP contribution in [0.3, 0.4) is 0 Å². The summed E-state index contributed by atoms with van der Waals surface area (Å²) in [6.45, 7) is 1.13.